The maximum atomic E-state index is 11.1. The van der Waals surface area contributed by atoms with Gasteiger partial charge in [-0.25, -0.2) is 0 Å². The highest BCUT2D eigenvalue weighted by molar-refractivity contribution is 5.81. The molecule has 0 aromatic rings. The molecule has 0 unspecified atom stereocenters. The van der Waals surface area contributed by atoms with Crippen molar-refractivity contribution in [3.8, 4) is 0 Å². The van der Waals surface area contributed by atoms with Gasteiger partial charge in [0.15, 0.2) is 0 Å². The Balaban J connectivity index is 3.82. The summed E-state index contributed by atoms with van der Waals surface area (Å²) in [6, 6.07) is 0. The molecule has 0 aliphatic heterocycles. The summed E-state index contributed by atoms with van der Waals surface area (Å²) in [7, 11) is 0. The van der Waals surface area contributed by atoms with Crippen LogP contribution in [-0.2, 0) is 9.59 Å². The number of rotatable bonds is 6. The zero-order valence-electron chi connectivity index (χ0n) is 8.89. The number of nitrogens with one attached hydrogen (secondary N) is 2. The molecular formula is C9H18N2O3. The number of carboxylic acid groups (broad SMARTS) is 1. The number of carbonyl (C=O) groups is 2. The first-order valence-corrected chi connectivity index (χ1v) is 4.65. The highest BCUT2D eigenvalue weighted by atomic mass is 16.4. The van der Waals surface area contributed by atoms with Crippen molar-refractivity contribution >= 4 is 11.9 Å². The summed E-state index contributed by atoms with van der Waals surface area (Å²) in [5.74, 6) is -1.15. The fourth-order valence-corrected chi connectivity index (χ4v) is 0.704. The van der Waals surface area contributed by atoms with Gasteiger partial charge in [-0.05, 0) is 20.3 Å². The molecule has 82 valence electrons. The molecule has 0 saturated heterocycles. The van der Waals surface area contributed by atoms with E-state index in [4.69, 9.17) is 5.11 Å². The Morgan fingerprint density at radius 1 is 1.36 bits per heavy atom. The van der Waals surface area contributed by atoms with Crippen LogP contribution in [0.5, 0.6) is 0 Å². The third kappa shape index (κ3) is 4.81. The average molecular weight is 202 g/mol. The molecule has 0 atom stereocenters. The molecule has 0 bridgehead atoms. The highest BCUT2D eigenvalue weighted by Gasteiger charge is 2.26. The van der Waals surface area contributed by atoms with Crippen LogP contribution in [-0.4, -0.2) is 35.6 Å². The monoisotopic (exact) mass is 202 g/mol. The van der Waals surface area contributed by atoms with Crippen molar-refractivity contribution in [2.24, 2.45) is 0 Å². The second-order valence-corrected chi connectivity index (χ2v) is 3.63. The Hall–Kier alpha value is -1.10. The number of amides is 1. The largest absolute Gasteiger partial charge is 0.480 e. The first-order chi connectivity index (χ1) is 6.40. The van der Waals surface area contributed by atoms with E-state index in [1.54, 1.807) is 0 Å². The lowest BCUT2D eigenvalue weighted by Gasteiger charge is -2.20. The van der Waals surface area contributed by atoms with Crippen LogP contribution in [0.4, 0.5) is 0 Å². The van der Waals surface area contributed by atoms with Crippen molar-refractivity contribution in [1.82, 2.24) is 10.6 Å². The summed E-state index contributed by atoms with van der Waals surface area (Å²) in [6.45, 7) is 5.63. The zero-order chi connectivity index (χ0) is 11.2. The van der Waals surface area contributed by atoms with Crippen LogP contribution in [0.3, 0.4) is 0 Å². The quantitative estimate of drug-likeness (QED) is 0.565. The van der Waals surface area contributed by atoms with Crippen LogP contribution < -0.4 is 10.6 Å². The van der Waals surface area contributed by atoms with Crippen molar-refractivity contribution in [3.05, 3.63) is 0 Å². The summed E-state index contributed by atoms with van der Waals surface area (Å²) in [5, 5.41) is 14.0. The molecule has 0 aliphatic rings. The minimum absolute atomic E-state index is 0.0271. The number of carboxylic acids is 1. The molecule has 0 radical (unpaired) electrons. The summed E-state index contributed by atoms with van der Waals surface area (Å²) < 4.78 is 0. The standard InChI is InChI=1S/C9H18N2O3/c1-4-5-10-7(12)6-11-9(2,3)8(13)14/h11H,4-6H2,1-3H3,(H,10,12)(H,13,14). The molecule has 5 heteroatoms. The van der Waals surface area contributed by atoms with Crippen LogP contribution in [0.25, 0.3) is 0 Å². The Kier molecular flexibility index (Phi) is 5.15. The van der Waals surface area contributed by atoms with Crippen molar-refractivity contribution in [1.29, 1.82) is 0 Å². The van der Waals surface area contributed by atoms with E-state index in [1.165, 1.54) is 13.8 Å². The van der Waals surface area contributed by atoms with Gasteiger partial charge < -0.3 is 10.4 Å². The molecule has 14 heavy (non-hydrogen) atoms. The summed E-state index contributed by atoms with van der Waals surface area (Å²) in [6.07, 6.45) is 0.869. The van der Waals surface area contributed by atoms with Gasteiger partial charge in [-0.2, -0.15) is 0 Å². The van der Waals surface area contributed by atoms with Crippen LogP contribution in [0.15, 0.2) is 0 Å². The molecule has 5 nitrogen and oxygen atoms in total. The maximum absolute atomic E-state index is 11.1. The average Bonchev–Trinajstić information content (AvgIpc) is 2.11. The lowest BCUT2D eigenvalue weighted by molar-refractivity contribution is -0.143. The van der Waals surface area contributed by atoms with Gasteiger partial charge >= 0.3 is 5.97 Å². The Bertz CT molecular complexity index is 214. The van der Waals surface area contributed by atoms with Gasteiger partial charge in [-0.1, -0.05) is 6.92 Å². The summed E-state index contributed by atoms with van der Waals surface area (Å²) >= 11 is 0. The maximum Gasteiger partial charge on any atom is 0.323 e. The van der Waals surface area contributed by atoms with Gasteiger partial charge in [0, 0.05) is 6.54 Å². The first kappa shape index (κ1) is 12.9. The molecule has 0 rings (SSSR count). The number of aliphatic carboxylic acids is 1. The van der Waals surface area contributed by atoms with Crippen molar-refractivity contribution in [2.75, 3.05) is 13.1 Å². The minimum atomic E-state index is -1.07. The molecule has 0 saturated carbocycles. The molecule has 0 aromatic carbocycles. The van der Waals surface area contributed by atoms with Crippen LogP contribution >= 0.6 is 0 Å². The Labute approximate surface area is 83.9 Å². The smallest absolute Gasteiger partial charge is 0.323 e. The van der Waals surface area contributed by atoms with E-state index in [0.717, 1.165) is 6.42 Å². The Morgan fingerprint density at radius 2 is 1.93 bits per heavy atom. The van der Waals surface area contributed by atoms with Crippen molar-refractivity contribution < 1.29 is 14.7 Å². The van der Waals surface area contributed by atoms with Crippen molar-refractivity contribution in [3.63, 3.8) is 0 Å². The highest BCUT2D eigenvalue weighted by Crippen LogP contribution is 2.00. The van der Waals surface area contributed by atoms with E-state index in [-0.39, 0.29) is 12.5 Å². The molecule has 0 aliphatic carbocycles. The molecule has 1 amide bonds. The molecule has 0 heterocycles. The summed E-state index contributed by atoms with van der Waals surface area (Å²) in [4.78, 5) is 21.8. The normalized spacial score (nSPS) is 11.1. The van der Waals surface area contributed by atoms with Crippen molar-refractivity contribution in [2.45, 2.75) is 32.7 Å². The summed E-state index contributed by atoms with van der Waals surface area (Å²) in [5.41, 5.74) is -1.07. The van der Waals surface area contributed by atoms with E-state index in [1.807, 2.05) is 6.92 Å². The van der Waals surface area contributed by atoms with Gasteiger partial charge in [-0.15, -0.1) is 0 Å². The Morgan fingerprint density at radius 3 is 2.36 bits per heavy atom. The van der Waals surface area contributed by atoms with E-state index in [2.05, 4.69) is 10.6 Å². The van der Waals surface area contributed by atoms with E-state index in [0.29, 0.717) is 6.54 Å². The third-order valence-corrected chi connectivity index (χ3v) is 1.80. The molecular weight excluding hydrogens is 184 g/mol. The van der Waals surface area contributed by atoms with E-state index < -0.39 is 11.5 Å². The van der Waals surface area contributed by atoms with E-state index in [9.17, 15) is 9.59 Å². The molecule has 0 spiro atoms. The second-order valence-electron chi connectivity index (χ2n) is 3.63. The zero-order valence-corrected chi connectivity index (χ0v) is 8.89. The van der Waals surface area contributed by atoms with Crippen LogP contribution in [0.2, 0.25) is 0 Å². The van der Waals surface area contributed by atoms with Gasteiger partial charge in [-0.3, -0.25) is 14.9 Å². The predicted molar refractivity (Wildman–Crippen MR) is 53.0 cm³/mol. The SMILES string of the molecule is CCCNC(=O)CNC(C)(C)C(=O)O. The first-order valence-electron chi connectivity index (χ1n) is 4.65. The third-order valence-electron chi connectivity index (χ3n) is 1.80. The van der Waals surface area contributed by atoms with Gasteiger partial charge in [0.2, 0.25) is 5.91 Å². The molecule has 0 fully saturated rings. The fourth-order valence-electron chi connectivity index (χ4n) is 0.704. The minimum Gasteiger partial charge on any atom is -0.480 e. The van der Waals surface area contributed by atoms with Gasteiger partial charge in [0.05, 0.1) is 6.54 Å². The number of carbonyl (C=O) groups excluding carboxylic acids is 1. The van der Waals surface area contributed by atoms with Crippen LogP contribution in [0, 0.1) is 0 Å². The van der Waals surface area contributed by atoms with Gasteiger partial charge in [0.25, 0.3) is 0 Å². The number of hydrogen-bond acceptors (Lipinski definition) is 3. The molecule has 3 N–H and O–H groups in total. The lowest BCUT2D eigenvalue weighted by Crippen LogP contribution is -2.50. The fraction of sp³-hybridized carbons (Fsp3) is 0.778. The topological polar surface area (TPSA) is 78.4 Å². The lowest BCUT2D eigenvalue weighted by atomic mass is 10.1. The second kappa shape index (κ2) is 5.59. The predicted octanol–water partition coefficient (Wildman–Crippen LogP) is -0.0346. The molecule has 0 aromatic heterocycles. The number of hydrogen-bond donors (Lipinski definition) is 3. The van der Waals surface area contributed by atoms with Crippen LogP contribution in [0.1, 0.15) is 27.2 Å². The van der Waals surface area contributed by atoms with E-state index >= 15 is 0 Å². The van der Waals surface area contributed by atoms with Gasteiger partial charge in [0.1, 0.15) is 5.54 Å².